The largest absolute Gasteiger partial charge is 0.416 e. The van der Waals surface area contributed by atoms with E-state index in [2.05, 4.69) is 5.32 Å². The molecule has 2 aromatic rings. The van der Waals surface area contributed by atoms with Gasteiger partial charge in [-0.1, -0.05) is 37.1 Å². The summed E-state index contributed by atoms with van der Waals surface area (Å²) in [5, 5.41) is 7.89. The van der Waals surface area contributed by atoms with Crippen molar-refractivity contribution in [1.82, 2.24) is 0 Å². The molecule has 29 heavy (non-hydrogen) atoms. The number of amides is 1. The molecule has 1 amide bonds. The fourth-order valence-electron chi connectivity index (χ4n) is 3.85. The highest BCUT2D eigenvalue weighted by molar-refractivity contribution is 7.89. The zero-order valence-corrected chi connectivity index (χ0v) is 16.5. The summed E-state index contributed by atoms with van der Waals surface area (Å²) in [5.74, 6) is -0.460. The number of carbonyl (C=O) groups excluding carboxylic acids is 1. The predicted molar refractivity (Wildman–Crippen MR) is 103 cm³/mol. The first kappa shape index (κ1) is 21.3. The van der Waals surface area contributed by atoms with Crippen LogP contribution in [0.4, 0.5) is 18.9 Å². The Morgan fingerprint density at radius 1 is 1.10 bits per heavy atom. The normalized spacial score (nSPS) is 16.6. The van der Waals surface area contributed by atoms with Crippen molar-refractivity contribution in [2.24, 2.45) is 5.14 Å². The van der Waals surface area contributed by atoms with Gasteiger partial charge in [0.25, 0.3) is 0 Å². The van der Waals surface area contributed by atoms with Crippen molar-refractivity contribution in [3.05, 3.63) is 59.2 Å². The van der Waals surface area contributed by atoms with Crippen LogP contribution in [0.3, 0.4) is 0 Å². The highest BCUT2D eigenvalue weighted by Crippen LogP contribution is 2.43. The Morgan fingerprint density at radius 2 is 1.76 bits per heavy atom. The third kappa shape index (κ3) is 4.30. The van der Waals surface area contributed by atoms with Gasteiger partial charge in [0.1, 0.15) is 0 Å². The number of sulfonamides is 1. The number of primary sulfonamides is 1. The standard InChI is InChI=1S/C20H21F3N2O3S/c1-13-7-8-16(12-17(13)29(24,27)28)25-18(26)19(9-2-3-10-19)14-5-4-6-15(11-14)20(21,22)23/h4-8,11-12H,2-3,9-10H2,1H3,(H,25,26)(H2,24,27,28). The average molecular weight is 426 g/mol. The topological polar surface area (TPSA) is 89.3 Å². The number of benzene rings is 2. The van der Waals surface area contributed by atoms with Crippen molar-refractivity contribution in [2.45, 2.75) is 49.1 Å². The summed E-state index contributed by atoms with van der Waals surface area (Å²) in [6, 6.07) is 9.15. The van der Waals surface area contributed by atoms with E-state index >= 15 is 0 Å². The van der Waals surface area contributed by atoms with E-state index in [0.717, 1.165) is 12.1 Å². The number of aryl methyl sites for hydroxylation is 1. The number of hydrogen-bond acceptors (Lipinski definition) is 3. The van der Waals surface area contributed by atoms with E-state index in [0.29, 0.717) is 36.8 Å². The lowest BCUT2D eigenvalue weighted by atomic mass is 9.77. The van der Waals surface area contributed by atoms with Crippen LogP contribution in [0.1, 0.15) is 42.4 Å². The van der Waals surface area contributed by atoms with Gasteiger partial charge in [-0.2, -0.15) is 13.2 Å². The number of rotatable bonds is 4. The summed E-state index contributed by atoms with van der Waals surface area (Å²) in [5.41, 5.74) is -0.947. The Bertz CT molecular complexity index is 1040. The van der Waals surface area contributed by atoms with Crippen LogP contribution in [0.5, 0.6) is 0 Å². The van der Waals surface area contributed by atoms with Gasteiger partial charge in [0, 0.05) is 5.69 Å². The van der Waals surface area contributed by atoms with E-state index in [1.54, 1.807) is 6.92 Å². The summed E-state index contributed by atoms with van der Waals surface area (Å²) in [4.78, 5) is 13.1. The second-order valence-corrected chi connectivity index (χ2v) is 8.88. The van der Waals surface area contributed by atoms with Crippen molar-refractivity contribution < 1.29 is 26.4 Å². The SMILES string of the molecule is Cc1ccc(NC(=O)C2(c3cccc(C(F)(F)F)c3)CCCC2)cc1S(N)(=O)=O. The summed E-state index contributed by atoms with van der Waals surface area (Å²) < 4.78 is 62.9. The van der Waals surface area contributed by atoms with Crippen molar-refractivity contribution in [3.8, 4) is 0 Å². The van der Waals surface area contributed by atoms with E-state index < -0.39 is 33.1 Å². The lowest BCUT2D eigenvalue weighted by molar-refractivity contribution is -0.137. The molecule has 1 saturated carbocycles. The fraction of sp³-hybridized carbons (Fsp3) is 0.350. The van der Waals surface area contributed by atoms with Crippen LogP contribution in [0.15, 0.2) is 47.4 Å². The fourth-order valence-corrected chi connectivity index (χ4v) is 4.66. The van der Waals surface area contributed by atoms with E-state index in [1.165, 1.54) is 30.3 Å². The van der Waals surface area contributed by atoms with Gasteiger partial charge >= 0.3 is 6.18 Å². The molecule has 156 valence electrons. The van der Waals surface area contributed by atoms with E-state index in [4.69, 9.17) is 5.14 Å². The number of hydrogen-bond donors (Lipinski definition) is 2. The van der Waals surface area contributed by atoms with Crippen LogP contribution in [0, 0.1) is 6.92 Å². The number of nitrogens with one attached hydrogen (secondary N) is 1. The average Bonchev–Trinajstić information content (AvgIpc) is 3.13. The van der Waals surface area contributed by atoms with Gasteiger partial charge < -0.3 is 5.32 Å². The molecule has 0 aromatic heterocycles. The molecule has 5 nitrogen and oxygen atoms in total. The van der Waals surface area contributed by atoms with Crippen LogP contribution >= 0.6 is 0 Å². The van der Waals surface area contributed by atoms with Crippen LogP contribution in [-0.2, 0) is 26.4 Å². The maximum absolute atomic E-state index is 13.2. The van der Waals surface area contributed by atoms with Gasteiger partial charge in [0.2, 0.25) is 15.9 Å². The highest BCUT2D eigenvalue weighted by atomic mass is 32.2. The van der Waals surface area contributed by atoms with E-state index in [9.17, 15) is 26.4 Å². The summed E-state index contributed by atoms with van der Waals surface area (Å²) in [6.07, 6.45) is -2.27. The van der Waals surface area contributed by atoms with E-state index in [1.807, 2.05) is 0 Å². The Balaban J connectivity index is 1.98. The third-order valence-corrected chi connectivity index (χ3v) is 6.44. The van der Waals surface area contributed by atoms with Crippen LogP contribution < -0.4 is 10.5 Å². The van der Waals surface area contributed by atoms with Gasteiger partial charge in [-0.3, -0.25) is 4.79 Å². The van der Waals surface area contributed by atoms with E-state index in [-0.39, 0.29) is 10.6 Å². The second-order valence-electron chi connectivity index (χ2n) is 7.35. The Morgan fingerprint density at radius 3 is 2.34 bits per heavy atom. The molecule has 0 spiro atoms. The smallest absolute Gasteiger partial charge is 0.325 e. The molecule has 3 rings (SSSR count). The van der Waals surface area contributed by atoms with Crippen LogP contribution in [0.25, 0.3) is 0 Å². The van der Waals surface area contributed by atoms with Crippen LogP contribution in [-0.4, -0.2) is 14.3 Å². The second kappa shape index (κ2) is 7.46. The molecular weight excluding hydrogens is 405 g/mol. The molecule has 0 heterocycles. The number of nitrogens with two attached hydrogens (primary N) is 1. The lowest BCUT2D eigenvalue weighted by Crippen LogP contribution is -2.38. The summed E-state index contributed by atoms with van der Waals surface area (Å²) >= 11 is 0. The molecule has 1 aliphatic carbocycles. The Labute approximate surface area is 167 Å². The minimum Gasteiger partial charge on any atom is -0.325 e. The van der Waals surface area contributed by atoms with Gasteiger partial charge in [0.15, 0.2) is 0 Å². The maximum Gasteiger partial charge on any atom is 0.416 e. The summed E-state index contributed by atoms with van der Waals surface area (Å²) in [6.45, 7) is 1.58. The minimum atomic E-state index is -4.51. The molecule has 2 aromatic carbocycles. The van der Waals surface area contributed by atoms with Gasteiger partial charge in [-0.15, -0.1) is 0 Å². The van der Waals surface area contributed by atoms with Crippen molar-refractivity contribution in [1.29, 1.82) is 0 Å². The molecule has 9 heteroatoms. The van der Waals surface area contributed by atoms with Gasteiger partial charge in [-0.25, -0.2) is 13.6 Å². The first-order valence-electron chi connectivity index (χ1n) is 9.06. The zero-order valence-electron chi connectivity index (χ0n) is 15.7. The molecular formula is C20H21F3N2O3S. The van der Waals surface area contributed by atoms with Crippen molar-refractivity contribution in [3.63, 3.8) is 0 Å². The molecule has 0 unspecified atom stereocenters. The Kier molecular flexibility index (Phi) is 5.48. The first-order valence-corrected chi connectivity index (χ1v) is 10.6. The molecule has 0 aliphatic heterocycles. The molecule has 0 saturated heterocycles. The number of anilines is 1. The molecule has 1 aliphatic rings. The predicted octanol–water partition coefficient (Wildman–Crippen LogP) is 4.11. The Hall–Kier alpha value is -2.39. The van der Waals surface area contributed by atoms with Crippen molar-refractivity contribution in [2.75, 3.05) is 5.32 Å². The number of carbonyl (C=O) groups is 1. The van der Waals surface area contributed by atoms with Crippen molar-refractivity contribution >= 4 is 21.6 Å². The minimum absolute atomic E-state index is 0.116. The molecule has 1 fully saturated rings. The quantitative estimate of drug-likeness (QED) is 0.771. The molecule has 3 N–H and O–H groups in total. The van der Waals surface area contributed by atoms with Gasteiger partial charge in [0.05, 0.1) is 15.9 Å². The molecule has 0 radical (unpaired) electrons. The zero-order chi connectivity index (χ0) is 21.4. The third-order valence-electron chi connectivity index (χ3n) is 5.39. The highest BCUT2D eigenvalue weighted by Gasteiger charge is 2.44. The monoisotopic (exact) mass is 426 g/mol. The maximum atomic E-state index is 13.2. The lowest BCUT2D eigenvalue weighted by Gasteiger charge is -2.29. The van der Waals surface area contributed by atoms with Crippen LogP contribution in [0.2, 0.25) is 0 Å². The summed E-state index contributed by atoms with van der Waals surface area (Å²) in [7, 11) is -3.98. The molecule has 0 atom stereocenters. The van der Waals surface area contributed by atoms with Gasteiger partial charge in [-0.05, 0) is 49.1 Å². The molecule has 0 bridgehead atoms. The number of alkyl halides is 3. The number of halogens is 3. The first-order chi connectivity index (χ1) is 13.4.